The molecule has 114 valence electrons. The van der Waals surface area contributed by atoms with Crippen LogP contribution in [0.25, 0.3) is 0 Å². The lowest BCUT2D eigenvalue weighted by Crippen LogP contribution is -2.28. The van der Waals surface area contributed by atoms with Crippen molar-refractivity contribution in [1.29, 1.82) is 0 Å². The highest BCUT2D eigenvalue weighted by atomic mass is 35.5. The largest absolute Gasteiger partial charge is 0.382 e. The maximum absolute atomic E-state index is 5.94. The maximum Gasteiger partial charge on any atom is 0.0469 e. The van der Waals surface area contributed by atoms with E-state index in [1.807, 2.05) is 19.1 Å². The lowest BCUT2D eigenvalue weighted by molar-refractivity contribution is 0.131. The van der Waals surface area contributed by atoms with Crippen LogP contribution < -0.4 is 5.32 Å². The van der Waals surface area contributed by atoms with E-state index in [9.17, 15) is 0 Å². The van der Waals surface area contributed by atoms with E-state index in [0.29, 0.717) is 11.8 Å². The van der Waals surface area contributed by atoms with Gasteiger partial charge in [0, 0.05) is 18.2 Å². The minimum atomic E-state index is 0.612. The van der Waals surface area contributed by atoms with Gasteiger partial charge in [0.15, 0.2) is 0 Å². The predicted octanol–water partition coefficient (Wildman–Crippen LogP) is 4.17. The normalized spacial score (nSPS) is 12.8. The Labute approximate surface area is 128 Å². The molecule has 1 aromatic carbocycles. The summed E-state index contributed by atoms with van der Waals surface area (Å²) < 4.78 is 5.50. The standard InChI is InChI=1S/C17H28ClNO/c1-4-20-10-9-16(13-19-12-14(2)3)11-15-5-7-17(18)8-6-15/h5-8,14,16,19H,4,9-13H2,1-3H3. The summed E-state index contributed by atoms with van der Waals surface area (Å²) in [4.78, 5) is 0. The van der Waals surface area contributed by atoms with Gasteiger partial charge in [-0.05, 0) is 62.4 Å². The molecule has 1 aromatic rings. The number of nitrogens with one attached hydrogen (secondary N) is 1. The first kappa shape index (κ1) is 17.5. The fourth-order valence-corrected chi connectivity index (χ4v) is 2.33. The fraction of sp³-hybridized carbons (Fsp3) is 0.647. The van der Waals surface area contributed by atoms with E-state index in [0.717, 1.165) is 44.2 Å². The van der Waals surface area contributed by atoms with Crippen molar-refractivity contribution in [3.8, 4) is 0 Å². The second-order valence-electron chi connectivity index (χ2n) is 5.73. The molecule has 0 aliphatic rings. The van der Waals surface area contributed by atoms with Crippen molar-refractivity contribution in [2.75, 3.05) is 26.3 Å². The average Bonchev–Trinajstić information content (AvgIpc) is 2.41. The van der Waals surface area contributed by atoms with Gasteiger partial charge >= 0.3 is 0 Å². The molecule has 0 saturated carbocycles. The van der Waals surface area contributed by atoms with Crippen LogP contribution >= 0.6 is 11.6 Å². The van der Waals surface area contributed by atoms with Gasteiger partial charge in [0.1, 0.15) is 0 Å². The Bertz CT molecular complexity index is 351. The van der Waals surface area contributed by atoms with E-state index in [2.05, 4.69) is 31.3 Å². The van der Waals surface area contributed by atoms with Crippen LogP contribution in [0.2, 0.25) is 5.02 Å². The van der Waals surface area contributed by atoms with Crippen LogP contribution in [0, 0.1) is 11.8 Å². The van der Waals surface area contributed by atoms with Crippen LogP contribution in [0.1, 0.15) is 32.8 Å². The summed E-state index contributed by atoms with van der Waals surface area (Å²) in [6.07, 6.45) is 2.18. The van der Waals surface area contributed by atoms with Crippen LogP contribution in [-0.2, 0) is 11.2 Å². The quantitative estimate of drug-likeness (QED) is 0.654. The molecule has 0 saturated heterocycles. The molecule has 0 fully saturated rings. The van der Waals surface area contributed by atoms with E-state index in [1.54, 1.807) is 0 Å². The lowest BCUT2D eigenvalue weighted by atomic mass is 9.96. The molecule has 0 spiro atoms. The van der Waals surface area contributed by atoms with Crippen LogP contribution in [0.5, 0.6) is 0 Å². The first-order valence-electron chi connectivity index (χ1n) is 7.64. The van der Waals surface area contributed by atoms with Crippen LogP contribution in [0.3, 0.4) is 0 Å². The Morgan fingerprint density at radius 1 is 1.15 bits per heavy atom. The Hall–Kier alpha value is -0.570. The maximum atomic E-state index is 5.94. The Kier molecular flexibility index (Phi) is 8.92. The molecule has 0 bridgehead atoms. The van der Waals surface area contributed by atoms with Gasteiger partial charge in [0.2, 0.25) is 0 Å². The van der Waals surface area contributed by atoms with Crippen molar-refractivity contribution in [1.82, 2.24) is 5.32 Å². The molecular formula is C17H28ClNO. The Balaban J connectivity index is 2.45. The second-order valence-corrected chi connectivity index (χ2v) is 6.17. The molecule has 20 heavy (non-hydrogen) atoms. The second kappa shape index (κ2) is 10.2. The van der Waals surface area contributed by atoms with Gasteiger partial charge in [-0.15, -0.1) is 0 Å². The predicted molar refractivity (Wildman–Crippen MR) is 87.5 cm³/mol. The van der Waals surface area contributed by atoms with E-state index < -0.39 is 0 Å². The molecule has 3 heteroatoms. The van der Waals surface area contributed by atoms with Crippen LogP contribution in [-0.4, -0.2) is 26.3 Å². The van der Waals surface area contributed by atoms with Crippen molar-refractivity contribution in [2.24, 2.45) is 11.8 Å². The topological polar surface area (TPSA) is 21.3 Å². The zero-order valence-electron chi connectivity index (χ0n) is 13.0. The fourth-order valence-electron chi connectivity index (χ4n) is 2.20. The van der Waals surface area contributed by atoms with Crippen LogP contribution in [0.4, 0.5) is 0 Å². The molecule has 0 amide bonds. The molecule has 1 N–H and O–H groups in total. The van der Waals surface area contributed by atoms with E-state index >= 15 is 0 Å². The van der Waals surface area contributed by atoms with Crippen molar-refractivity contribution in [3.63, 3.8) is 0 Å². The molecule has 1 atom stereocenters. The molecule has 0 aromatic heterocycles. The smallest absolute Gasteiger partial charge is 0.0469 e. The number of hydrogen-bond acceptors (Lipinski definition) is 2. The van der Waals surface area contributed by atoms with E-state index in [4.69, 9.17) is 16.3 Å². The molecule has 0 aliphatic heterocycles. The highest BCUT2D eigenvalue weighted by molar-refractivity contribution is 6.30. The molecule has 2 nitrogen and oxygen atoms in total. The highest BCUT2D eigenvalue weighted by Crippen LogP contribution is 2.15. The van der Waals surface area contributed by atoms with Gasteiger partial charge in [-0.1, -0.05) is 37.6 Å². The molecule has 1 unspecified atom stereocenters. The summed E-state index contributed by atoms with van der Waals surface area (Å²) in [6, 6.07) is 8.19. The first-order chi connectivity index (χ1) is 9.61. The third kappa shape index (κ3) is 7.88. The third-order valence-corrected chi connectivity index (χ3v) is 3.55. The number of hydrogen-bond donors (Lipinski definition) is 1. The summed E-state index contributed by atoms with van der Waals surface area (Å²) >= 11 is 5.94. The Morgan fingerprint density at radius 2 is 1.85 bits per heavy atom. The number of benzene rings is 1. The highest BCUT2D eigenvalue weighted by Gasteiger charge is 2.10. The molecule has 0 aliphatic carbocycles. The van der Waals surface area contributed by atoms with Gasteiger partial charge in [-0.3, -0.25) is 0 Å². The van der Waals surface area contributed by atoms with E-state index in [1.165, 1.54) is 5.56 Å². The van der Waals surface area contributed by atoms with Crippen molar-refractivity contribution in [2.45, 2.75) is 33.6 Å². The summed E-state index contributed by atoms with van der Waals surface area (Å²) in [5, 5.41) is 4.37. The third-order valence-electron chi connectivity index (χ3n) is 3.30. The molecule has 0 radical (unpaired) electrons. The van der Waals surface area contributed by atoms with Crippen molar-refractivity contribution < 1.29 is 4.74 Å². The Morgan fingerprint density at radius 3 is 2.45 bits per heavy atom. The summed E-state index contributed by atoms with van der Waals surface area (Å²) in [7, 11) is 0. The monoisotopic (exact) mass is 297 g/mol. The van der Waals surface area contributed by atoms with Gasteiger partial charge in [-0.25, -0.2) is 0 Å². The molecular weight excluding hydrogens is 270 g/mol. The van der Waals surface area contributed by atoms with Gasteiger partial charge < -0.3 is 10.1 Å². The van der Waals surface area contributed by atoms with E-state index in [-0.39, 0.29) is 0 Å². The van der Waals surface area contributed by atoms with Crippen molar-refractivity contribution in [3.05, 3.63) is 34.9 Å². The minimum Gasteiger partial charge on any atom is -0.382 e. The summed E-state index contributed by atoms with van der Waals surface area (Å²) in [5.74, 6) is 1.31. The first-order valence-corrected chi connectivity index (χ1v) is 8.02. The number of ether oxygens (including phenoxy) is 1. The molecule has 0 heterocycles. The SMILES string of the molecule is CCOCCC(CNCC(C)C)Cc1ccc(Cl)cc1. The van der Waals surface area contributed by atoms with Gasteiger partial charge in [-0.2, -0.15) is 0 Å². The molecule has 1 rings (SSSR count). The average molecular weight is 298 g/mol. The lowest BCUT2D eigenvalue weighted by Gasteiger charge is -2.18. The number of halogens is 1. The van der Waals surface area contributed by atoms with Gasteiger partial charge in [0.25, 0.3) is 0 Å². The zero-order valence-corrected chi connectivity index (χ0v) is 13.7. The minimum absolute atomic E-state index is 0.612. The number of rotatable bonds is 10. The summed E-state index contributed by atoms with van der Waals surface area (Å²) in [6.45, 7) is 10.3. The summed E-state index contributed by atoms with van der Waals surface area (Å²) in [5.41, 5.74) is 1.35. The van der Waals surface area contributed by atoms with Crippen molar-refractivity contribution >= 4 is 11.6 Å². The van der Waals surface area contributed by atoms with Gasteiger partial charge in [0.05, 0.1) is 0 Å². The zero-order chi connectivity index (χ0) is 14.8. The van der Waals surface area contributed by atoms with Crippen LogP contribution in [0.15, 0.2) is 24.3 Å².